The van der Waals surface area contributed by atoms with Crippen LogP contribution in [0.15, 0.2) is 54.7 Å². The lowest BCUT2D eigenvalue weighted by molar-refractivity contribution is -0.139. The third kappa shape index (κ3) is 4.18. The van der Waals surface area contributed by atoms with Crippen LogP contribution >= 0.6 is 11.6 Å². The van der Waals surface area contributed by atoms with Crippen molar-refractivity contribution in [2.75, 3.05) is 30.9 Å². The molecule has 1 aliphatic heterocycles. The highest BCUT2D eigenvalue weighted by Gasteiger charge is 2.27. The molecule has 2 aromatic carbocycles. The Bertz CT molecular complexity index is 1150. The van der Waals surface area contributed by atoms with E-state index in [0.29, 0.717) is 29.5 Å². The quantitative estimate of drug-likeness (QED) is 0.625. The second kappa shape index (κ2) is 8.65. The van der Waals surface area contributed by atoms with Gasteiger partial charge in [-0.05, 0) is 35.4 Å². The number of methoxy groups -OCH3 is 1. The molecule has 3 aromatic rings. The number of nitrogens with zero attached hydrogens (tertiary/aromatic N) is 2. The molecule has 1 aromatic heterocycles. The summed E-state index contributed by atoms with van der Waals surface area (Å²) in [7, 11) is 1.35. The van der Waals surface area contributed by atoms with E-state index in [2.05, 4.69) is 4.98 Å². The third-order valence-corrected chi connectivity index (χ3v) is 5.37. The van der Waals surface area contributed by atoms with Crippen LogP contribution in [-0.2, 0) is 16.0 Å². The maximum absolute atomic E-state index is 13.1. The van der Waals surface area contributed by atoms with Crippen LogP contribution in [0, 0.1) is 0 Å². The Morgan fingerprint density at radius 3 is 2.71 bits per heavy atom. The first-order chi connectivity index (χ1) is 15.0. The zero-order valence-corrected chi connectivity index (χ0v) is 17.6. The van der Waals surface area contributed by atoms with Crippen molar-refractivity contribution in [3.63, 3.8) is 0 Å². The summed E-state index contributed by atoms with van der Waals surface area (Å²) in [6.45, 7) is 0.682. The van der Waals surface area contributed by atoms with E-state index in [1.807, 2.05) is 36.4 Å². The van der Waals surface area contributed by atoms with Crippen LogP contribution in [-0.4, -0.2) is 37.1 Å². The van der Waals surface area contributed by atoms with Gasteiger partial charge in [-0.2, -0.15) is 0 Å². The van der Waals surface area contributed by atoms with Crippen LogP contribution in [0.5, 0.6) is 5.88 Å². The number of aromatic nitrogens is 1. The van der Waals surface area contributed by atoms with E-state index in [9.17, 15) is 9.59 Å². The molecule has 1 amide bonds. The molecule has 1 aliphatic rings. The highest BCUT2D eigenvalue weighted by atomic mass is 35.5. The summed E-state index contributed by atoms with van der Waals surface area (Å²) in [5.74, 6) is -0.323. The smallest absolute Gasteiger partial charge is 0.309 e. The molecule has 0 unspecified atom stereocenters. The fraction of sp³-hybridized carbons (Fsp3) is 0.174. The lowest BCUT2D eigenvalue weighted by atomic mass is 10.0. The summed E-state index contributed by atoms with van der Waals surface area (Å²) < 4.78 is 10.3. The predicted molar refractivity (Wildman–Crippen MR) is 118 cm³/mol. The van der Waals surface area contributed by atoms with Crippen LogP contribution in [0.4, 0.5) is 11.4 Å². The Balaban J connectivity index is 1.59. The molecule has 7 nitrogen and oxygen atoms in total. The summed E-state index contributed by atoms with van der Waals surface area (Å²) in [6, 6.07) is 14.5. The molecule has 0 bridgehead atoms. The number of benzene rings is 2. The summed E-state index contributed by atoms with van der Waals surface area (Å²) in [5.41, 5.74) is 9.80. The average Bonchev–Trinajstić information content (AvgIpc) is 2.93. The van der Waals surface area contributed by atoms with Crippen molar-refractivity contribution in [1.29, 1.82) is 0 Å². The van der Waals surface area contributed by atoms with Gasteiger partial charge in [0.05, 0.1) is 25.8 Å². The normalized spacial score (nSPS) is 13.2. The molecule has 4 rings (SSSR count). The molecule has 0 saturated heterocycles. The standard InChI is InChI=1S/C23H20ClN3O4/c1-30-20(28)13-14-2-7-17(18(24)12-14)15-3-5-16(6-4-15)27-10-11-31-22-21(23(27)29)19(25)8-9-26-22/h2-9,12H,10-11,13H2,1H3,(H2,25,26). The lowest BCUT2D eigenvalue weighted by Crippen LogP contribution is -2.32. The number of amides is 1. The molecule has 158 valence electrons. The Hall–Kier alpha value is -3.58. The van der Waals surface area contributed by atoms with Gasteiger partial charge in [0.2, 0.25) is 5.88 Å². The number of halogens is 1. The van der Waals surface area contributed by atoms with Crippen molar-refractivity contribution in [2.24, 2.45) is 0 Å². The number of ether oxygens (including phenoxy) is 2. The van der Waals surface area contributed by atoms with E-state index in [1.165, 1.54) is 13.3 Å². The molecule has 0 atom stereocenters. The first-order valence-electron chi connectivity index (χ1n) is 9.62. The number of nitrogen functional groups attached to an aromatic ring is 1. The molecule has 2 heterocycles. The van der Waals surface area contributed by atoms with Crippen molar-refractivity contribution in [3.05, 3.63) is 70.9 Å². The largest absolute Gasteiger partial charge is 0.475 e. The molecule has 0 radical (unpaired) electrons. The fourth-order valence-corrected chi connectivity index (χ4v) is 3.77. The molecule has 0 saturated carbocycles. The van der Waals surface area contributed by atoms with Gasteiger partial charge in [0.1, 0.15) is 12.2 Å². The van der Waals surface area contributed by atoms with E-state index in [1.54, 1.807) is 17.0 Å². The van der Waals surface area contributed by atoms with Crippen molar-refractivity contribution in [3.8, 4) is 17.0 Å². The minimum Gasteiger partial charge on any atom is -0.475 e. The lowest BCUT2D eigenvalue weighted by Gasteiger charge is -2.21. The number of hydrogen-bond acceptors (Lipinski definition) is 6. The molecule has 8 heteroatoms. The Morgan fingerprint density at radius 1 is 1.23 bits per heavy atom. The summed E-state index contributed by atoms with van der Waals surface area (Å²) in [6.07, 6.45) is 1.68. The molecule has 2 N–H and O–H groups in total. The zero-order chi connectivity index (χ0) is 22.0. The number of fused-ring (bicyclic) bond motifs is 1. The van der Waals surface area contributed by atoms with E-state index >= 15 is 0 Å². The molecule has 0 aliphatic carbocycles. The number of nitrogens with two attached hydrogens (primary N) is 1. The Labute approximate surface area is 184 Å². The first-order valence-corrected chi connectivity index (χ1v) is 10.0. The summed E-state index contributed by atoms with van der Waals surface area (Å²) in [5, 5.41) is 0.529. The number of carbonyl (C=O) groups excluding carboxylic acids is 2. The van der Waals surface area contributed by atoms with Gasteiger partial charge in [0.15, 0.2) is 0 Å². The van der Waals surface area contributed by atoms with Crippen LogP contribution in [0.1, 0.15) is 15.9 Å². The van der Waals surface area contributed by atoms with E-state index in [0.717, 1.165) is 16.7 Å². The number of esters is 1. The minimum absolute atomic E-state index is 0.161. The van der Waals surface area contributed by atoms with Crippen molar-refractivity contribution in [2.45, 2.75) is 6.42 Å². The molecular formula is C23H20ClN3O4. The third-order valence-electron chi connectivity index (χ3n) is 5.06. The van der Waals surface area contributed by atoms with E-state index < -0.39 is 0 Å². The van der Waals surface area contributed by atoms with Gasteiger partial charge in [-0.1, -0.05) is 35.9 Å². The number of anilines is 2. The van der Waals surface area contributed by atoms with Crippen molar-refractivity contribution < 1.29 is 19.1 Å². The van der Waals surface area contributed by atoms with Gasteiger partial charge in [-0.25, -0.2) is 4.98 Å². The van der Waals surface area contributed by atoms with Gasteiger partial charge >= 0.3 is 5.97 Å². The predicted octanol–water partition coefficient (Wildman–Crippen LogP) is 3.74. The number of pyridine rings is 1. The van der Waals surface area contributed by atoms with E-state index in [-0.39, 0.29) is 29.7 Å². The fourth-order valence-electron chi connectivity index (χ4n) is 3.46. The minimum atomic E-state index is -0.323. The molecule has 31 heavy (non-hydrogen) atoms. The van der Waals surface area contributed by atoms with Gasteiger partial charge in [-0.15, -0.1) is 0 Å². The van der Waals surface area contributed by atoms with Crippen molar-refractivity contribution in [1.82, 2.24) is 4.98 Å². The second-order valence-electron chi connectivity index (χ2n) is 7.00. The Morgan fingerprint density at radius 2 is 2.00 bits per heavy atom. The number of rotatable bonds is 4. The molecule has 0 spiro atoms. The molecular weight excluding hydrogens is 418 g/mol. The van der Waals surface area contributed by atoms with Crippen LogP contribution < -0.4 is 15.4 Å². The van der Waals surface area contributed by atoms with Crippen molar-refractivity contribution >= 4 is 34.9 Å². The van der Waals surface area contributed by atoms with Crippen LogP contribution in [0.2, 0.25) is 5.02 Å². The zero-order valence-electron chi connectivity index (χ0n) is 16.8. The SMILES string of the molecule is COC(=O)Cc1ccc(-c2ccc(N3CCOc4nccc(N)c4C3=O)cc2)c(Cl)c1. The van der Waals surface area contributed by atoms with Crippen LogP contribution in [0.3, 0.4) is 0 Å². The van der Waals surface area contributed by atoms with Gasteiger partial charge < -0.3 is 20.1 Å². The Kier molecular flexibility index (Phi) is 5.77. The summed E-state index contributed by atoms with van der Waals surface area (Å²) >= 11 is 6.44. The van der Waals surface area contributed by atoms with Gasteiger partial charge in [0.25, 0.3) is 5.91 Å². The first kappa shape index (κ1) is 20.7. The van der Waals surface area contributed by atoms with Gasteiger partial charge in [0, 0.05) is 22.5 Å². The highest BCUT2D eigenvalue weighted by Crippen LogP contribution is 2.32. The maximum Gasteiger partial charge on any atom is 0.309 e. The monoisotopic (exact) mass is 437 g/mol. The summed E-state index contributed by atoms with van der Waals surface area (Å²) in [4.78, 5) is 30.3. The topological polar surface area (TPSA) is 94.8 Å². The van der Waals surface area contributed by atoms with Crippen LogP contribution in [0.25, 0.3) is 11.1 Å². The average molecular weight is 438 g/mol. The van der Waals surface area contributed by atoms with E-state index in [4.69, 9.17) is 26.8 Å². The molecule has 0 fully saturated rings. The number of carbonyl (C=O) groups is 2. The number of hydrogen-bond donors (Lipinski definition) is 1. The second-order valence-corrected chi connectivity index (χ2v) is 7.41. The maximum atomic E-state index is 13.1. The highest BCUT2D eigenvalue weighted by molar-refractivity contribution is 6.33. The van der Waals surface area contributed by atoms with Gasteiger partial charge in [-0.3, -0.25) is 9.59 Å².